The fourth-order valence-electron chi connectivity index (χ4n) is 5.84. The number of rotatable bonds is 15. The van der Waals surface area contributed by atoms with E-state index in [4.69, 9.17) is 11.5 Å². The number of halogens is 3. The number of imidazole rings is 1. The Hall–Kier alpha value is -5.04. The highest BCUT2D eigenvalue weighted by molar-refractivity contribution is 6.10. The molecule has 5 rings (SSSR count). The topological polar surface area (TPSA) is 148 Å². The first kappa shape index (κ1) is 35.3. The predicted octanol–water partition coefficient (Wildman–Crippen LogP) is 6.06. The van der Waals surface area contributed by atoms with Gasteiger partial charge in [0.05, 0.1) is 18.2 Å². The highest BCUT2D eigenvalue weighted by atomic mass is 19.4. The Balaban J connectivity index is 1.33. The van der Waals surface area contributed by atoms with Crippen molar-refractivity contribution in [3.63, 3.8) is 0 Å². The molecule has 0 spiro atoms. The molecular formula is C37H39F3N6O3. The van der Waals surface area contributed by atoms with Gasteiger partial charge in [0.15, 0.2) is 5.78 Å². The summed E-state index contributed by atoms with van der Waals surface area (Å²) in [7, 11) is 0. The van der Waals surface area contributed by atoms with Gasteiger partial charge in [0, 0.05) is 30.9 Å². The number of amides is 1. The summed E-state index contributed by atoms with van der Waals surface area (Å²) in [6.07, 6.45) is -1.76. The molecule has 12 heteroatoms. The summed E-state index contributed by atoms with van der Waals surface area (Å²) in [5.74, 6) is -1.72. The van der Waals surface area contributed by atoms with Crippen molar-refractivity contribution in [2.75, 3.05) is 0 Å². The number of alkyl halides is 3. The zero-order valence-electron chi connectivity index (χ0n) is 27.0. The summed E-state index contributed by atoms with van der Waals surface area (Å²) in [6, 6.07) is 25.7. The van der Waals surface area contributed by atoms with Gasteiger partial charge in [-0.2, -0.15) is 0 Å². The molecule has 1 aromatic heterocycles. The van der Waals surface area contributed by atoms with Crippen LogP contribution in [0.3, 0.4) is 0 Å². The molecule has 4 aromatic carbocycles. The van der Waals surface area contributed by atoms with Crippen LogP contribution in [0.2, 0.25) is 0 Å². The molecule has 2 atom stereocenters. The van der Waals surface area contributed by atoms with E-state index in [1.165, 1.54) is 18.2 Å². The number of ketones is 1. The van der Waals surface area contributed by atoms with Crippen molar-refractivity contribution in [2.45, 2.75) is 57.3 Å². The van der Waals surface area contributed by atoms with Crippen LogP contribution >= 0.6 is 0 Å². The minimum atomic E-state index is -4.90. The quantitative estimate of drug-likeness (QED) is 0.0516. The first-order valence-electron chi connectivity index (χ1n) is 15.9. The van der Waals surface area contributed by atoms with E-state index in [2.05, 4.69) is 25.3 Å². The van der Waals surface area contributed by atoms with Crippen molar-refractivity contribution in [2.24, 2.45) is 17.4 Å². The molecule has 9 nitrogen and oxygen atoms in total. The van der Waals surface area contributed by atoms with Gasteiger partial charge in [-0.3, -0.25) is 9.59 Å². The number of hydrogen-bond donors (Lipinski definition) is 5. The number of Topliss-reactive ketones (excluding diaryl/α,β-unsaturated/α-hetero) is 1. The SMILES string of the molecule is C[C@H](NC(=O)[C@@H](CCC(N)(N)Cc1ccccc1OC(F)(F)F)C(=O)c1ccc(CNCc2ncc[nH]2)cc1)c1cccc2ccccc12. The fourth-order valence-corrected chi connectivity index (χ4v) is 5.84. The lowest BCUT2D eigenvalue weighted by Gasteiger charge is -2.28. The standard InChI is InChI=1S/C37H39F3N6O3/c1-24(29-11-6-9-26-7-2-4-10-30(26)29)46-35(48)31(17-18-36(41,42)21-28-8-3-5-12-32(28)49-37(38,39)40)34(47)27-15-13-25(14-16-27)22-43-23-33-44-19-20-45-33/h2-16,19-20,24,31,43H,17-18,21-23,41-42H2,1H3,(H,44,45)(H,46,48)/t24-,31-/m0/s1. The molecule has 0 bridgehead atoms. The third-order valence-electron chi connectivity index (χ3n) is 8.31. The van der Waals surface area contributed by atoms with E-state index >= 15 is 0 Å². The van der Waals surface area contributed by atoms with Gasteiger partial charge in [-0.15, -0.1) is 13.2 Å². The molecule has 7 N–H and O–H groups in total. The van der Waals surface area contributed by atoms with E-state index in [1.807, 2.05) is 61.5 Å². The molecule has 0 saturated carbocycles. The monoisotopic (exact) mass is 672 g/mol. The maximum Gasteiger partial charge on any atom is 0.573 e. The zero-order valence-corrected chi connectivity index (χ0v) is 27.0. The minimum Gasteiger partial charge on any atom is -0.406 e. The second-order valence-electron chi connectivity index (χ2n) is 12.2. The van der Waals surface area contributed by atoms with Crippen molar-refractivity contribution < 1.29 is 27.5 Å². The number of aromatic nitrogens is 2. The average Bonchev–Trinajstić information content (AvgIpc) is 3.58. The Morgan fingerprint density at radius 3 is 2.37 bits per heavy atom. The number of carbonyl (C=O) groups excluding carboxylic acids is 2. The molecule has 5 aromatic rings. The first-order chi connectivity index (χ1) is 23.4. The molecule has 0 aliphatic rings. The lowest BCUT2D eigenvalue weighted by atomic mass is 9.86. The van der Waals surface area contributed by atoms with Gasteiger partial charge >= 0.3 is 6.36 Å². The predicted molar refractivity (Wildman–Crippen MR) is 181 cm³/mol. The van der Waals surface area contributed by atoms with Gasteiger partial charge in [0.2, 0.25) is 5.91 Å². The number of aromatic amines is 1. The average molecular weight is 673 g/mol. The van der Waals surface area contributed by atoms with Crippen LogP contribution in [0, 0.1) is 5.92 Å². The molecule has 1 heterocycles. The van der Waals surface area contributed by atoms with Crippen LogP contribution < -0.4 is 26.8 Å². The summed E-state index contributed by atoms with van der Waals surface area (Å²) in [6.45, 7) is 2.92. The molecule has 49 heavy (non-hydrogen) atoms. The lowest BCUT2D eigenvalue weighted by Crippen LogP contribution is -2.52. The van der Waals surface area contributed by atoms with Gasteiger partial charge in [-0.1, -0.05) is 84.9 Å². The molecule has 0 unspecified atom stereocenters. The zero-order chi connectivity index (χ0) is 35.0. The highest BCUT2D eigenvalue weighted by Gasteiger charge is 2.35. The Morgan fingerprint density at radius 1 is 0.918 bits per heavy atom. The Morgan fingerprint density at radius 2 is 1.63 bits per heavy atom. The van der Waals surface area contributed by atoms with Crippen molar-refractivity contribution in [3.05, 3.63) is 131 Å². The fraction of sp³-hybridized carbons (Fsp3) is 0.270. The highest BCUT2D eigenvalue weighted by Crippen LogP contribution is 2.30. The van der Waals surface area contributed by atoms with Crippen LogP contribution in [0.4, 0.5) is 13.2 Å². The second-order valence-corrected chi connectivity index (χ2v) is 12.2. The van der Waals surface area contributed by atoms with Crippen LogP contribution in [-0.4, -0.2) is 33.7 Å². The minimum absolute atomic E-state index is 0.0470. The van der Waals surface area contributed by atoms with E-state index in [0.717, 1.165) is 27.7 Å². The molecular weight excluding hydrogens is 633 g/mol. The van der Waals surface area contributed by atoms with E-state index in [-0.39, 0.29) is 24.8 Å². The van der Waals surface area contributed by atoms with Gasteiger partial charge in [-0.05, 0) is 53.3 Å². The van der Waals surface area contributed by atoms with Crippen LogP contribution in [0.15, 0.2) is 103 Å². The second kappa shape index (κ2) is 15.5. The van der Waals surface area contributed by atoms with Crippen molar-refractivity contribution in [1.29, 1.82) is 0 Å². The lowest BCUT2D eigenvalue weighted by molar-refractivity contribution is -0.275. The number of hydrogen-bond acceptors (Lipinski definition) is 7. The first-order valence-corrected chi connectivity index (χ1v) is 15.9. The number of para-hydroxylation sites is 1. The van der Waals surface area contributed by atoms with E-state index < -0.39 is 41.4 Å². The number of nitrogens with one attached hydrogen (secondary N) is 3. The number of carbonyl (C=O) groups is 2. The van der Waals surface area contributed by atoms with Gasteiger partial charge in [-0.25, -0.2) is 4.98 Å². The molecule has 0 aliphatic carbocycles. The van der Waals surface area contributed by atoms with Crippen molar-refractivity contribution >= 4 is 22.5 Å². The third-order valence-corrected chi connectivity index (χ3v) is 8.31. The van der Waals surface area contributed by atoms with E-state index in [0.29, 0.717) is 18.7 Å². The molecule has 1 amide bonds. The molecule has 0 saturated heterocycles. The van der Waals surface area contributed by atoms with Crippen LogP contribution in [-0.2, 0) is 24.3 Å². The number of H-pyrrole nitrogens is 1. The number of fused-ring (bicyclic) bond motifs is 1. The third kappa shape index (κ3) is 9.75. The van der Waals surface area contributed by atoms with Crippen LogP contribution in [0.1, 0.15) is 58.7 Å². The van der Waals surface area contributed by atoms with Crippen LogP contribution in [0.5, 0.6) is 5.75 Å². The molecule has 0 radical (unpaired) electrons. The number of nitrogens with two attached hydrogens (primary N) is 2. The van der Waals surface area contributed by atoms with Gasteiger partial charge in [0.1, 0.15) is 17.5 Å². The molecule has 256 valence electrons. The summed E-state index contributed by atoms with van der Waals surface area (Å²) >= 11 is 0. The number of ether oxygens (including phenoxy) is 1. The van der Waals surface area contributed by atoms with Crippen molar-refractivity contribution in [1.82, 2.24) is 20.6 Å². The molecule has 0 fully saturated rings. The molecule has 0 aliphatic heterocycles. The van der Waals surface area contributed by atoms with Gasteiger partial charge < -0.3 is 31.8 Å². The number of benzene rings is 4. The summed E-state index contributed by atoms with van der Waals surface area (Å²) in [5.41, 5.74) is 13.6. The van der Waals surface area contributed by atoms with Crippen molar-refractivity contribution in [3.8, 4) is 5.75 Å². The number of nitrogens with zero attached hydrogens (tertiary/aromatic N) is 1. The normalized spacial score (nSPS) is 13.2. The van der Waals surface area contributed by atoms with Crippen LogP contribution in [0.25, 0.3) is 10.8 Å². The Labute approximate surface area is 282 Å². The summed E-state index contributed by atoms with van der Waals surface area (Å²) in [5, 5.41) is 8.27. The summed E-state index contributed by atoms with van der Waals surface area (Å²) < 4.78 is 43.3. The Bertz CT molecular complexity index is 1850. The maximum absolute atomic E-state index is 14.0. The van der Waals surface area contributed by atoms with E-state index in [1.54, 1.807) is 30.6 Å². The van der Waals surface area contributed by atoms with E-state index in [9.17, 15) is 22.8 Å². The van der Waals surface area contributed by atoms with Gasteiger partial charge in [0.25, 0.3) is 0 Å². The Kier molecular flexibility index (Phi) is 11.1. The maximum atomic E-state index is 14.0. The smallest absolute Gasteiger partial charge is 0.406 e. The largest absolute Gasteiger partial charge is 0.573 e. The summed E-state index contributed by atoms with van der Waals surface area (Å²) in [4.78, 5) is 35.1.